The highest BCUT2D eigenvalue weighted by atomic mass is 79.9. The van der Waals surface area contributed by atoms with E-state index in [9.17, 15) is 8.78 Å². The first-order chi connectivity index (χ1) is 11.4. The van der Waals surface area contributed by atoms with Crippen LogP contribution in [0.3, 0.4) is 0 Å². The van der Waals surface area contributed by atoms with E-state index in [0.717, 1.165) is 15.7 Å². The summed E-state index contributed by atoms with van der Waals surface area (Å²) in [7, 11) is 0. The Balaban J connectivity index is 2.21. The summed E-state index contributed by atoms with van der Waals surface area (Å²) >= 11 is 3.37. The number of ether oxygens (including phenoxy) is 1. The van der Waals surface area contributed by atoms with Crippen molar-refractivity contribution in [2.45, 2.75) is 40.0 Å². The molecule has 0 spiro atoms. The normalized spacial score (nSPS) is 12.7. The highest BCUT2D eigenvalue weighted by Gasteiger charge is 2.19. The zero-order valence-electron chi connectivity index (χ0n) is 13.9. The fourth-order valence-corrected chi connectivity index (χ4v) is 3.00. The van der Waals surface area contributed by atoms with Crippen molar-refractivity contribution in [3.63, 3.8) is 0 Å². The van der Waals surface area contributed by atoms with Crippen molar-refractivity contribution in [2.24, 2.45) is 5.92 Å². The van der Waals surface area contributed by atoms with Gasteiger partial charge in [0.05, 0.1) is 11.7 Å². The van der Waals surface area contributed by atoms with Gasteiger partial charge in [0.25, 0.3) is 0 Å². The molecule has 1 heterocycles. The minimum Gasteiger partial charge on any atom is -0.434 e. The van der Waals surface area contributed by atoms with Crippen LogP contribution in [0, 0.1) is 12.8 Å². The first-order valence-electron chi connectivity index (χ1n) is 7.76. The molecular weight excluding hydrogens is 378 g/mol. The molecule has 0 amide bonds. The number of nitrogens with zero attached hydrogens (tertiary/aromatic N) is 1. The Morgan fingerprint density at radius 2 is 2.00 bits per heavy atom. The summed E-state index contributed by atoms with van der Waals surface area (Å²) in [5.41, 5.74) is 2.74. The van der Waals surface area contributed by atoms with E-state index in [1.165, 1.54) is 0 Å². The lowest BCUT2D eigenvalue weighted by molar-refractivity contribution is -0.0505. The Morgan fingerprint density at radius 3 is 2.62 bits per heavy atom. The van der Waals surface area contributed by atoms with Gasteiger partial charge in [0.2, 0.25) is 0 Å². The maximum atomic E-state index is 12.6. The average Bonchev–Trinajstić information content (AvgIpc) is 2.51. The molecule has 0 aliphatic carbocycles. The molecule has 0 aliphatic rings. The predicted molar refractivity (Wildman–Crippen MR) is 94.2 cm³/mol. The largest absolute Gasteiger partial charge is 0.434 e. The zero-order chi connectivity index (χ0) is 17.7. The van der Waals surface area contributed by atoms with Crippen molar-refractivity contribution in [1.29, 1.82) is 0 Å². The number of aromatic nitrogens is 1. The zero-order valence-corrected chi connectivity index (χ0v) is 15.5. The van der Waals surface area contributed by atoms with Gasteiger partial charge in [0, 0.05) is 22.8 Å². The topological polar surface area (TPSA) is 34.2 Å². The van der Waals surface area contributed by atoms with Gasteiger partial charge < -0.3 is 10.1 Å². The molecule has 2 rings (SSSR count). The van der Waals surface area contributed by atoms with E-state index in [-0.39, 0.29) is 11.8 Å². The molecule has 3 nitrogen and oxygen atoms in total. The molecule has 1 N–H and O–H groups in total. The number of halogens is 3. The van der Waals surface area contributed by atoms with Gasteiger partial charge >= 0.3 is 6.61 Å². The monoisotopic (exact) mass is 398 g/mol. The van der Waals surface area contributed by atoms with E-state index in [1.807, 2.05) is 19.1 Å². The lowest BCUT2D eigenvalue weighted by atomic mass is 9.97. The number of rotatable bonds is 7. The van der Waals surface area contributed by atoms with E-state index in [0.29, 0.717) is 18.0 Å². The highest BCUT2D eigenvalue weighted by Crippen LogP contribution is 2.27. The van der Waals surface area contributed by atoms with Crippen molar-refractivity contribution in [3.8, 4) is 5.75 Å². The van der Waals surface area contributed by atoms with Crippen LogP contribution in [-0.2, 0) is 6.54 Å². The fourth-order valence-electron chi connectivity index (χ4n) is 2.59. The number of hydrogen-bond acceptors (Lipinski definition) is 3. The summed E-state index contributed by atoms with van der Waals surface area (Å²) in [5, 5.41) is 3.43. The molecule has 1 aromatic heterocycles. The summed E-state index contributed by atoms with van der Waals surface area (Å²) in [6.07, 6.45) is 1.77. The molecule has 0 aliphatic heterocycles. The summed E-state index contributed by atoms with van der Waals surface area (Å²) in [5.74, 6) is 0.478. The lowest BCUT2D eigenvalue weighted by Crippen LogP contribution is -2.27. The lowest BCUT2D eigenvalue weighted by Gasteiger charge is -2.24. The molecule has 24 heavy (non-hydrogen) atoms. The molecule has 0 bridgehead atoms. The van der Waals surface area contributed by atoms with Gasteiger partial charge in [-0.2, -0.15) is 8.78 Å². The molecule has 0 fully saturated rings. The van der Waals surface area contributed by atoms with Crippen LogP contribution in [0.4, 0.5) is 8.78 Å². The molecule has 1 aromatic carbocycles. The Hall–Kier alpha value is -1.53. The van der Waals surface area contributed by atoms with E-state index in [2.05, 4.69) is 44.8 Å². The van der Waals surface area contributed by atoms with E-state index >= 15 is 0 Å². The highest BCUT2D eigenvalue weighted by molar-refractivity contribution is 9.10. The molecule has 1 unspecified atom stereocenters. The van der Waals surface area contributed by atoms with Crippen LogP contribution in [0.15, 0.2) is 41.0 Å². The number of aryl methyl sites for hydroxylation is 1. The quantitative estimate of drug-likeness (QED) is 0.692. The molecule has 130 valence electrons. The van der Waals surface area contributed by atoms with Gasteiger partial charge in [-0.1, -0.05) is 35.8 Å². The Kier molecular flexibility index (Phi) is 6.69. The first-order valence-corrected chi connectivity index (χ1v) is 8.56. The summed E-state index contributed by atoms with van der Waals surface area (Å²) in [6.45, 7) is 3.78. The van der Waals surface area contributed by atoms with Crippen molar-refractivity contribution in [1.82, 2.24) is 10.3 Å². The van der Waals surface area contributed by atoms with Crippen molar-refractivity contribution in [3.05, 3.63) is 57.8 Å². The summed E-state index contributed by atoms with van der Waals surface area (Å²) < 4.78 is 30.6. The van der Waals surface area contributed by atoms with Crippen LogP contribution in [0.25, 0.3) is 0 Å². The van der Waals surface area contributed by atoms with Gasteiger partial charge in [-0.25, -0.2) is 0 Å². The van der Waals surface area contributed by atoms with Gasteiger partial charge in [0.1, 0.15) is 5.75 Å². The SMILES string of the molecule is Cc1cccnc1C(NCc1cc(Br)ccc1OC(F)F)C(C)C. The molecular formula is C18H21BrF2N2O. The number of benzene rings is 1. The third-order valence-electron chi connectivity index (χ3n) is 3.76. The summed E-state index contributed by atoms with van der Waals surface area (Å²) in [6, 6.07) is 8.95. The maximum Gasteiger partial charge on any atom is 0.387 e. The maximum absolute atomic E-state index is 12.6. The minimum atomic E-state index is -2.84. The fraction of sp³-hybridized carbons (Fsp3) is 0.389. The summed E-state index contributed by atoms with van der Waals surface area (Å²) in [4.78, 5) is 4.48. The van der Waals surface area contributed by atoms with Crippen LogP contribution >= 0.6 is 15.9 Å². The Bertz CT molecular complexity index is 680. The van der Waals surface area contributed by atoms with Crippen molar-refractivity contribution < 1.29 is 13.5 Å². The van der Waals surface area contributed by atoms with Gasteiger partial charge in [0.15, 0.2) is 0 Å². The molecule has 6 heteroatoms. The smallest absolute Gasteiger partial charge is 0.387 e. The van der Waals surface area contributed by atoms with Gasteiger partial charge in [-0.15, -0.1) is 0 Å². The second kappa shape index (κ2) is 8.53. The number of nitrogens with one attached hydrogen (secondary N) is 1. The van der Waals surface area contributed by atoms with E-state index in [4.69, 9.17) is 0 Å². The van der Waals surface area contributed by atoms with Gasteiger partial charge in [-0.3, -0.25) is 4.98 Å². The Morgan fingerprint density at radius 1 is 1.25 bits per heavy atom. The molecule has 0 saturated heterocycles. The van der Waals surface area contributed by atoms with Gasteiger partial charge in [-0.05, 0) is 42.7 Å². The van der Waals surface area contributed by atoms with Crippen molar-refractivity contribution >= 4 is 15.9 Å². The molecule has 0 saturated carbocycles. The van der Waals surface area contributed by atoms with E-state index < -0.39 is 6.61 Å². The second-order valence-corrected chi connectivity index (χ2v) is 6.85. The Labute approximate surface area is 149 Å². The van der Waals surface area contributed by atoms with Crippen LogP contribution in [0.1, 0.15) is 36.7 Å². The molecule has 2 aromatic rings. The van der Waals surface area contributed by atoms with Crippen LogP contribution in [0.2, 0.25) is 0 Å². The first kappa shape index (κ1) is 18.8. The third-order valence-corrected chi connectivity index (χ3v) is 4.26. The number of hydrogen-bond donors (Lipinski definition) is 1. The van der Waals surface area contributed by atoms with Crippen molar-refractivity contribution in [2.75, 3.05) is 0 Å². The average molecular weight is 399 g/mol. The molecule has 0 radical (unpaired) electrons. The van der Waals surface area contributed by atoms with Crippen LogP contribution < -0.4 is 10.1 Å². The number of alkyl halides is 2. The minimum absolute atomic E-state index is 0.0181. The van der Waals surface area contributed by atoms with Crippen LogP contribution in [0.5, 0.6) is 5.75 Å². The van der Waals surface area contributed by atoms with Crippen LogP contribution in [-0.4, -0.2) is 11.6 Å². The predicted octanol–water partition coefficient (Wildman–Crippen LogP) is 5.24. The van der Waals surface area contributed by atoms with E-state index in [1.54, 1.807) is 24.4 Å². The second-order valence-electron chi connectivity index (χ2n) is 5.94. The third kappa shape index (κ3) is 4.98. The number of pyridine rings is 1. The standard InChI is InChI=1S/C18H21BrF2N2O/c1-11(2)16(17-12(3)5-4-8-22-17)23-10-13-9-14(19)6-7-15(13)24-18(20)21/h4-9,11,16,18,23H,10H2,1-3H3. The molecule has 1 atom stereocenters.